The predicted molar refractivity (Wildman–Crippen MR) is 65.6 cm³/mol. The van der Waals surface area contributed by atoms with E-state index in [1.54, 1.807) is 18.7 Å². The van der Waals surface area contributed by atoms with Gasteiger partial charge in [-0.2, -0.15) is 0 Å². The standard InChI is InChI=1S/C12H24N2O3/c1-11(2,16)9-13-5-7-14(8-6-13)10(15)12(3,4)17/h16-17H,5-9H2,1-4H3. The van der Waals surface area contributed by atoms with E-state index >= 15 is 0 Å². The van der Waals surface area contributed by atoms with Gasteiger partial charge in [0.2, 0.25) is 0 Å². The van der Waals surface area contributed by atoms with Crippen molar-refractivity contribution < 1.29 is 15.0 Å². The Hall–Kier alpha value is -0.650. The van der Waals surface area contributed by atoms with Crippen LogP contribution in [-0.4, -0.2) is 69.8 Å². The van der Waals surface area contributed by atoms with E-state index in [1.165, 1.54) is 13.8 Å². The molecule has 100 valence electrons. The van der Waals surface area contributed by atoms with Gasteiger partial charge in [-0.1, -0.05) is 0 Å². The smallest absolute Gasteiger partial charge is 0.254 e. The van der Waals surface area contributed by atoms with Gasteiger partial charge < -0.3 is 15.1 Å². The molecule has 0 saturated carbocycles. The molecule has 1 saturated heterocycles. The quantitative estimate of drug-likeness (QED) is 0.714. The number of hydrogen-bond donors (Lipinski definition) is 2. The first-order valence-electron chi connectivity index (χ1n) is 6.06. The minimum absolute atomic E-state index is 0.222. The van der Waals surface area contributed by atoms with Crippen LogP contribution in [0.5, 0.6) is 0 Å². The van der Waals surface area contributed by atoms with Crippen molar-refractivity contribution in [3.63, 3.8) is 0 Å². The normalized spacial score (nSPS) is 19.5. The number of carbonyl (C=O) groups excluding carboxylic acids is 1. The number of amides is 1. The van der Waals surface area contributed by atoms with Gasteiger partial charge in [0.05, 0.1) is 5.60 Å². The molecule has 2 N–H and O–H groups in total. The van der Waals surface area contributed by atoms with E-state index in [2.05, 4.69) is 4.90 Å². The van der Waals surface area contributed by atoms with Crippen molar-refractivity contribution in [2.45, 2.75) is 38.9 Å². The van der Waals surface area contributed by atoms with Gasteiger partial charge in [-0.3, -0.25) is 9.69 Å². The Morgan fingerprint density at radius 1 is 1.06 bits per heavy atom. The second kappa shape index (κ2) is 4.92. The Balaban J connectivity index is 2.44. The molecular weight excluding hydrogens is 220 g/mol. The lowest BCUT2D eigenvalue weighted by atomic mass is 10.1. The first kappa shape index (κ1) is 14.4. The van der Waals surface area contributed by atoms with Crippen molar-refractivity contribution in [1.82, 2.24) is 9.80 Å². The van der Waals surface area contributed by atoms with Crippen LogP contribution in [0.2, 0.25) is 0 Å². The van der Waals surface area contributed by atoms with Gasteiger partial charge in [0, 0.05) is 32.7 Å². The molecule has 5 heteroatoms. The summed E-state index contributed by atoms with van der Waals surface area (Å²) in [5.41, 5.74) is -2.00. The average Bonchev–Trinajstić information content (AvgIpc) is 2.14. The van der Waals surface area contributed by atoms with Crippen LogP contribution < -0.4 is 0 Å². The van der Waals surface area contributed by atoms with Gasteiger partial charge in [0.1, 0.15) is 5.60 Å². The lowest BCUT2D eigenvalue weighted by Gasteiger charge is -2.39. The number of β-amino-alcohol motifs (C(OH)–C–C–N with tert-alkyl or cyclic N) is 1. The predicted octanol–water partition coefficient (Wildman–Crippen LogP) is -0.328. The SMILES string of the molecule is CC(C)(O)CN1CCN(C(=O)C(C)(C)O)CC1. The molecule has 5 nitrogen and oxygen atoms in total. The van der Waals surface area contributed by atoms with Gasteiger partial charge in [0.15, 0.2) is 0 Å². The van der Waals surface area contributed by atoms with Crippen LogP contribution in [-0.2, 0) is 4.79 Å². The maximum atomic E-state index is 11.8. The Labute approximate surface area is 103 Å². The maximum absolute atomic E-state index is 11.8. The third-order valence-electron chi connectivity index (χ3n) is 2.79. The van der Waals surface area contributed by atoms with Crippen molar-refractivity contribution in [2.75, 3.05) is 32.7 Å². The molecular formula is C12H24N2O3. The van der Waals surface area contributed by atoms with Crippen LogP contribution in [0.25, 0.3) is 0 Å². The van der Waals surface area contributed by atoms with Crippen molar-refractivity contribution in [2.24, 2.45) is 0 Å². The van der Waals surface area contributed by atoms with E-state index in [9.17, 15) is 15.0 Å². The fourth-order valence-corrected chi connectivity index (χ4v) is 2.04. The third kappa shape index (κ3) is 4.61. The molecule has 0 unspecified atom stereocenters. The lowest BCUT2D eigenvalue weighted by molar-refractivity contribution is -0.149. The monoisotopic (exact) mass is 244 g/mol. The van der Waals surface area contributed by atoms with Gasteiger partial charge >= 0.3 is 0 Å². The van der Waals surface area contributed by atoms with Gasteiger partial charge in [0.25, 0.3) is 5.91 Å². The zero-order valence-electron chi connectivity index (χ0n) is 11.2. The zero-order valence-corrected chi connectivity index (χ0v) is 11.2. The molecule has 0 aromatic heterocycles. The lowest BCUT2D eigenvalue weighted by Crippen LogP contribution is -2.55. The zero-order chi connectivity index (χ0) is 13.3. The number of nitrogens with zero attached hydrogens (tertiary/aromatic N) is 2. The fraction of sp³-hybridized carbons (Fsp3) is 0.917. The van der Waals surface area contributed by atoms with Crippen LogP contribution in [0.3, 0.4) is 0 Å². The highest BCUT2D eigenvalue weighted by Gasteiger charge is 2.32. The molecule has 0 spiro atoms. The van der Waals surface area contributed by atoms with E-state index in [-0.39, 0.29) is 5.91 Å². The van der Waals surface area contributed by atoms with Crippen LogP contribution in [0, 0.1) is 0 Å². The number of aliphatic hydroxyl groups is 2. The molecule has 1 rings (SSSR count). The molecule has 17 heavy (non-hydrogen) atoms. The van der Waals surface area contributed by atoms with Crippen molar-refractivity contribution in [1.29, 1.82) is 0 Å². The number of rotatable bonds is 3. The molecule has 0 radical (unpaired) electrons. The van der Waals surface area contributed by atoms with E-state index in [4.69, 9.17) is 0 Å². The summed E-state index contributed by atoms with van der Waals surface area (Å²) < 4.78 is 0. The van der Waals surface area contributed by atoms with Gasteiger partial charge in [-0.05, 0) is 27.7 Å². The number of piperazine rings is 1. The fourth-order valence-electron chi connectivity index (χ4n) is 2.04. The Morgan fingerprint density at radius 3 is 1.88 bits per heavy atom. The largest absolute Gasteiger partial charge is 0.389 e. The Bertz CT molecular complexity index is 270. The summed E-state index contributed by atoms with van der Waals surface area (Å²) in [6.07, 6.45) is 0. The molecule has 1 aliphatic heterocycles. The van der Waals surface area contributed by atoms with Crippen LogP contribution in [0.1, 0.15) is 27.7 Å². The summed E-state index contributed by atoms with van der Waals surface area (Å²) in [5, 5.41) is 19.4. The topological polar surface area (TPSA) is 64.0 Å². The first-order valence-corrected chi connectivity index (χ1v) is 6.06. The molecule has 0 aliphatic carbocycles. The molecule has 0 aromatic rings. The number of carbonyl (C=O) groups is 1. The summed E-state index contributed by atoms with van der Waals surface area (Å²) in [6.45, 7) is 9.90. The Kier molecular flexibility index (Phi) is 4.17. The van der Waals surface area contributed by atoms with Crippen LogP contribution >= 0.6 is 0 Å². The second-order valence-electron chi connectivity index (χ2n) is 5.94. The van der Waals surface area contributed by atoms with E-state index in [1.807, 2.05) is 0 Å². The van der Waals surface area contributed by atoms with Crippen molar-refractivity contribution >= 4 is 5.91 Å². The van der Waals surface area contributed by atoms with E-state index in [0.717, 1.165) is 13.1 Å². The first-order chi connectivity index (χ1) is 7.59. The summed E-state index contributed by atoms with van der Waals surface area (Å²) in [4.78, 5) is 15.6. The molecule has 1 fully saturated rings. The van der Waals surface area contributed by atoms with Crippen molar-refractivity contribution in [3.8, 4) is 0 Å². The highest BCUT2D eigenvalue weighted by Crippen LogP contribution is 2.12. The van der Waals surface area contributed by atoms with Gasteiger partial charge in [-0.15, -0.1) is 0 Å². The Morgan fingerprint density at radius 2 is 1.53 bits per heavy atom. The highest BCUT2D eigenvalue weighted by molar-refractivity contribution is 5.84. The molecule has 1 amide bonds. The van der Waals surface area contributed by atoms with Crippen LogP contribution in [0.15, 0.2) is 0 Å². The summed E-state index contributed by atoms with van der Waals surface area (Å²) in [6, 6.07) is 0. The number of hydrogen-bond acceptors (Lipinski definition) is 4. The second-order valence-corrected chi connectivity index (χ2v) is 5.94. The molecule has 1 aliphatic rings. The van der Waals surface area contributed by atoms with E-state index in [0.29, 0.717) is 19.6 Å². The van der Waals surface area contributed by atoms with E-state index < -0.39 is 11.2 Å². The average molecular weight is 244 g/mol. The molecule has 0 aromatic carbocycles. The van der Waals surface area contributed by atoms with Gasteiger partial charge in [-0.25, -0.2) is 0 Å². The minimum atomic E-state index is -1.29. The molecule has 0 bridgehead atoms. The third-order valence-corrected chi connectivity index (χ3v) is 2.79. The summed E-state index contributed by atoms with van der Waals surface area (Å²) >= 11 is 0. The maximum Gasteiger partial charge on any atom is 0.254 e. The molecule has 0 atom stereocenters. The minimum Gasteiger partial charge on any atom is -0.389 e. The summed E-state index contributed by atoms with van der Waals surface area (Å²) in [7, 11) is 0. The molecule has 1 heterocycles. The van der Waals surface area contributed by atoms with Crippen molar-refractivity contribution in [3.05, 3.63) is 0 Å². The highest BCUT2D eigenvalue weighted by atomic mass is 16.3. The van der Waals surface area contributed by atoms with Crippen LogP contribution in [0.4, 0.5) is 0 Å². The summed E-state index contributed by atoms with van der Waals surface area (Å²) in [5.74, 6) is -0.222.